The quantitative estimate of drug-likeness (QED) is 0.724. The van der Waals surface area contributed by atoms with Crippen molar-refractivity contribution in [1.82, 2.24) is 9.97 Å². The lowest BCUT2D eigenvalue weighted by Crippen LogP contribution is -2.43. The van der Waals surface area contributed by atoms with E-state index >= 15 is 0 Å². The number of rotatable bonds is 2. The van der Waals surface area contributed by atoms with Crippen molar-refractivity contribution < 1.29 is 4.74 Å². The lowest BCUT2D eigenvalue weighted by molar-refractivity contribution is 0.0903. The SMILES string of the molecule is Cc1cnc(OC2CC(N)C2)nc1. The third kappa shape index (κ3) is 1.95. The van der Waals surface area contributed by atoms with Crippen molar-refractivity contribution in [3.05, 3.63) is 18.0 Å². The molecule has 4 nitrogen and oxygen atoms in total. The van der Waals surface area contributed by atoms with Crippen molar-refractivity contribution in [2.45, 2.75) is 31.9 Å². The third-order valence-electron chi connectivity index (χ3n) is 2.16. The van der Waals surface area contributed by atoms with Crippen molar-refractivity contribution >= 4 is 0 Å². The Balaban J connectivity index is 1.91. The van der Waals surface area contributed by atoms with Crippen molar-refractivity contribution in [3.8, 4) is 6.01 Å². The Morgan fingerprint density at radius 1 is 1.38 bits per heavy atom. The van der Waals surface area contributed by atoms with E-state index in [1.54, 1.807) is 12.4 Å². The van der Waals surface area contributed by atoms with E-state index in [1.807, 2.05) is 6.92 Å². The van der Waals surface area contributed by atoms with Crippen molar-refractivity contribution in [3.63, 3.8) is 0 Å². The van der Waals surface area contributed by atoms with Gasteiger partial charge >= 0.3 is 6.01 Å². The van der Waals surface area contributed by atoms with E-state index in [2.05, 4.69) is 9.97 Å². The Labute approximate surface area is 77.1 Å². The van der Waals surface area contributed by atoms with Gasteiger partial charge in [-0.15, -0.1) is 0 Å². The number of nitrogens with two attached hydrogens (primary N) is 1. The molecule has 1 aromatic heterocycles. The topological polar surface area (TPSA) is 61.0 Å². The molecule has 1 heterocycles. The molecule has 0 unspecified atom stereocenters. The highest BCUT2D eigenvalue weighted by Gasteiger charge is 2.28. The predicted octanol–water partition coefficient (Wildman–Crippen LogP) is 0.654. The Morgan fingerprint density at radius 3 is 2.54 bits per heavy atom. The van der Waals surface area contributed by atoms with Crippen LogP contribution in [0.2, 0.25) is 0 Å². The summed E-state index contributed by atoms with van der Waals surface area (Å²) in [5.74, 6) is 0. The van der Waals surface area contributed by atoms with Gasteiger partial charge in [-0.05, 0) is 25.3 Å². The first-order valence-corrected chi connectivity index (χ1v) is 4.45. The molecule has 0 aromatic carbocycles. The molecule has 70 valence electrons. The second-order valence-corrected chi connectivity index (χ2v) is 3.51. The maximum absolute atomic E-state index is 5.63. The fourth-order valence-electron chi connectivity index (χ4n) is 1.29. The van der Waals surface area contributed by atoms with Gasteiger partial charge in [0.1, 0.15) is 6.10 Å². The standard InChI is InChI=1S/C9H13N3O/c1-6-4-11-9(12-5-6)13-8-2-7(10)3-8/h4-5,7-8H,2-3,10H2,1H3. The van der Waals surface area contributed by atoms with Crippen LogP contribution in [0.25, 0.3) is 0 Å². The van der Waals surface area contributed by atoms with E-state index in [1.165, 1.54) is 0 Å². The highest BCUT2D eigenvalue weighted by molar-refractivity contribution is 5.05. The van der Waals surface area contributed by atoms with Gasteiger partial charge in [0, 0.05) is 18.4 Å². The molecule has 13 heavy (non-hydrogen) atoms. The molecule has 1 aliphatic carbocycles. The molecule has 0 amide bonds. The summed E-state index contributed by atoms with van der Waals surface area (Å²) < 4.78 is 5.47. The minimum Gasteiger partial charge on any atom is -0.460 e. The van der Waals surface area contributed by atoms with Crippen LogP contribution < -0.4 is 10.5 Å². The van der Waals surface area contributed by atoms with Gasteiger partial charge in [0.05, 0.1) is 0 Å². The third-order valence-corrected chi connectivity index (χ3v) is 2.16. The van der Waals surface area contributed by atoms with Gasteiger partial charge in [0.15, 0.2) is 0 Å². The number of ether oxygens (including phenoxy) is 1. The summed E-state index contributed by atoms with van der Waals surface area (Å²) in [6.07, 6.45) is 5.55. The van der Waals surface area contributed by atoms with Crippen LogP contribution in [0.3, 0.4) is 0 Å². The van der Waals surface area contributed by atoms with Gasteiger partial charge in [-0.2, -0.15) is 0 Å². The van der Waals surface area contributed by atoms with E-state index in [-0.39, 0.29) is 6.10 Å². The van der Waals surface area contributed by atoms with E-state index < -0.39 is 0 Å². The highest BCUT2D eigenvalue weighted by atomic mass is 16.5. The molecule has 0 bridgehead atoms. The molecule has 0 atom stereocenters. The van der Waals surface area contributed by atoms with Gasteiger partial charge in [0.2, 0.25) is 0 Å². The minimum atomic E-state index is 0.220. The number of aryl methyl sites for hydroxylation is 1. The number of hydrogen-bond acceptors (Lipinski definition) is 4. The van der Waals surface area contributed by atoms with E-state index in [0.717, 1.165) is 18.4 Å². The lowest BCUT2D eigenvalue weighted by atomic mass is 9.90. The zero-order chi connectivity index (χ0) is 9.26. The number of nitrogens with zero attached hydrogens (tertiary/aromatic N) is 2. The molecule has 1 aromatic rings. The molecule has 4 heteroatoms. The molecule has 0 saturated heterocycles. The molecule has 1 fully saturated rings. The van der Waals surface area contributed by atoms with Gasteiger partial charge in [-0.3, -0.25) is 0 Å². The molecule has 2 N–H and O–H groups in total. The zero-order valence-electron chi connectivity index (χ0n) is 7.60. The van der Waals surface area contributed by atoms with Crippen LogP contribution in [0.5, 0.6) is 6.01 Å². The normalized spacial score (nSPS) is 26.6. The van der Waals surface area contributed by atoms with Gasteiger partial charge in [0.25, 0.3) is 0 Å². The summed E-state index contributed by atoms with van der Waals surface area (Å²) in [7, 11) is 0. The van der Waals surface area contributed by atoms with Crippen molar-refractivity contribution in [1.29, 1.82) is 0 Å². The average molecular weight is 179 g/mol. The van der Waals surface area contributed by atoms with Crippen molar-refractivity contribution in [2.24, 2.45) is 5.73 Å². The first-order valence-electron chi connectivity index (χ1n) is 4.45. The second-order valence-electron chi connectivity index (χ2n) is 3.51. The summed E-state index contributed by atoms with van der Waals surface area (Å²) >= 11 is 0. The molecule has 0 aliphatic heterocycles. The zero-order valence-corrected chi connectivity index (χ0v) is 7.60. The van der Waals surface area contributed by atoms with Crippen LogP contribution in [0.1, 0.15) is 18.4 Å². The Kier molecular flexibility index (Phi) is 2.14. The van der Waals surface area contributed by atoms with Gasteiger partial charge < -0.3 is 10.5 Å². The van der Waals surface area contributed by atoms with Crippen LogP contribution in [0.15, 0.2) is 12.4 Å². The summed E-state index contributed by atoms with van der Waals surface area (Å²) in [5, 5.41) is 0. The van der Waals surface area contributed by atoms with E-state index in [0.29, 0.717) is 12.1 Å². The Bertz CT molecular complexity index is 279. The van der Waals surface area contributed by atoms with E-state index in [4.69, 9.17) is 10.5 Å². The minimum absolute atomic E-state index is 0.220. The van der Waals surface area contributed by atoms with E-state index in [9.17, 15) is 0 Å². The maximum atomic E-state index is 5.63. The molecule has 1 aliphatic rings. The molecular weight excluding hydrogens is 166 g/mol. The number of hydrogen-bond donors (Lipinski definition) is 1. The largest absolute Gasteiger partial charge is 0.460 e. The number of aromatic nitrogens is 2. The fourth-order valence-corrected chi connectivity index (χ4v) is 1.29. The second kappa shape index (κ2) is 3.30. The van der Waals surface area contributed by atoms with Crippen LogP contribution in [-0.2, 0) is 0 Å². The average Bonchev–Trinajstić information content (AvgIpc) is 2.06. The summed E-state index contributed by atoms with van der Waals surface area (Å²) in [4.78, 5) is 8.10. The first-order chi connectivity index (χ1) is 6.24. The molecule has 0 radical (unpaired) electrons. The molecule has 2 rings (SSSR count). The van der Waals surface area contributed by atoms with Gasteiger partial charge in [-0.25, -0.2) is 9.97 Å². The monoisotopic (exact) mass is 179 g/mol. The molecule has 1 saturated carbocycles. The summed E-state index contributed by atoms with van der Waals surface area (Å²) in [5.41, 5.74) is 6.67. The summed E-state index contributed by atoms with van der Waals surface area (Å²) in [6, 6.07) is 0.762. The fraction of sp³-hybridized carbons (Fsp3) is 0.556. The molecule has 0 spiro atoms. The van der Waals surface area contributed by atoms with Crippen LogP contribution in [0.4, 0.5) is 0 Å². The predicted molar refractivity (Wildman–Crippen MR) is 48.4 cm³/mol. The smallest absolute Gasteiger partial charge is 0.316 e. The van der Waals surface area contributed by atoms with Gasteiger partial charge in [-0.1, -0.05) is 0 Å². The maximum Gasteiger partial charge on any atom is 0.316 e. The Hall–Kier alpha value is -1.16. The summed E-state index contributed by atoms with van der Waals surface area (Å²) in [6.45, 7) is 1.95. The lowest BCUT2D eigenvalue weighted by Gasteiger charge is -2.31. The molecular formula is C9H13N3O. The highest BCUT2D eigenvalue weighted by Crippen LogP contribution is 2.21. The van der Waals surface area contributed by atoms with Crippen LogP contribution in [-0.4, -0.2) is 22.1 Å². The first kappa shape index (κ1) is 8.44. The Morgan fingerprint density at radius 2 is 2.00 bits per heavy atom. The van der Waals surface area contributed by atoms with Crippen LogP contribution in [0, 0.1) is 6.92 Å². The van der Waals surface area contributed by atoms with Crippen molar-refractivity contribution in [2.75, 3.05) is 0 Å². The van der Waals surface area contributed by atoms with Crippen LogP contribution >= 0.6 is 0 Å².